The Morgan fingerprint density at radius 2 is 1.96 bits per heavy atom. The minimum absolute atomic E-state index is 0.144. The lowest BCUT2D eigenvalue weighted by molar-refractivity contribution is -0.149. The van der Waals surface area contributed by atoms with E-state index in [0.29, 0.717) is 18.8 Å². The molecule has 24 heavy (non-hydrogen) atoms. The molecule has 0 aliphatic heterocycles. The zero-order chi connectivity index (χ0) is 17.7. The SMILES string of the molecule is COC(=O)[C@H]1CCC([S@@](=O)[C@H]2C[C@@H]3CC[C@@]2(C)C3(C)C)=C[C@H]1OC. The van der Waals surface area contributed by atoms with E-state index in [4.69, 9.17) is 9.47 Å². The number of esters is 1. The number of allylic oxidation sites excluding steroid dienone is 1. The fourth-order valence-electron chi connectivity index (χ4n) is 5.28. The quantitative estimate of drug-likeness (QED) is 0.726. The van der Waals surface area contributed by atoms with Crippen LogP contribution in [0.25, 0.3) is 0 Å². The number of hydrogen-bond donors (Lipinski definition) is 0. The summed E-state index contributed by atoms with van der Waals surface area (Å²) in [5.41, 5.74) is 0.406. The van der Waals surface area contributed by atoms with Crippen LogP contribution in [0.1, 0.15) is 52.9 Å². The third kappa shape index (κ3) is 2.50. The van der Waals surface area contributed by atoms with Crippen LogP contribution in [-0.2, 0) is 25.1 Å². The van der Waals surface area contributed by atoms with Gasteiger partial charge in [0.25, 0.3) is 0 Å². The highest BCUT2D eigenvalue weighted by Gasteiger charge is 2.63. The summed E-state index contributed by atoms with van der Waals surface area (Å²) in [5.74, 6) is 0.158. The number of hydrogen-bond acceptors (Lipinski definition) is 4. The largest absolute Gasteiger partial charge is 0.469 e. The molecule has 0 amide bonds. The molecule has 136 valence electrons. The maximum atomic E-state index is 13.4. The molecule has 0 aromatic rings. The summed E-state index contributed by atoms with van der Waals surface area (Å²) < 4.78 is 23.7. The molecule has 0 aromatic heterocycles. The zero-order valence-corrected chi connectivity index (χ0v) is 16.3. The number of carbonyl (C=O) groups is 1. The van der Waals surface area contributed by atoms with Crippen molar-refractivity contribution < 1.29 is 18.5 Å². The van der Waals surface area contributed by atoms with Gasteiger partial charge in [-0.3, -0.25) is 9.00 Å². The van der Waals surface area contributed by atoms with E-state index in [0.717, 1.165) is 11.3 Å². The van der Waals surface area contributed by atoms with Gasteiger partial charge in [-0.25, -0.2) is 0 Å². The van der Waals surface area contributed by atoms with Gasteiger partial charge in [-0.2, -0.15) is 0 Å². The van der Waals surface area contributed by atoms with Crippen LogP contribution in [0.4, 0.5) is 0 Å². The predicted molar refractivity (Wildman–Crippen MR) is 94.8 cm³/mol. The van der Waals surface area contributed by atoms with E-state index in [1.807, 2.05) is 6.08 Å². The van der Waals surface area contributed by atoms with E-state index >= 15 is 0 Å². The van der Waals surface area contributed by atoms with Crippen molar-refractivity contribution >= 4 is 16.8 Å². The van der Waals surface area contributed by atoms with Gasteiger partial charge in [-0.15, -0.1) is 0 Å². The van der Waals surface area contributed by atoms with Crippen LogP contribution in [0.15, 0.2) is 11.0 Å². The molecule has 4 nitrogen and oxygen atoms in total. The Balaban J connectivity index is 1.82. The molecule has 3 aliphatic rings. The smallest absolute Gasteiger partial charge is 0.311 e. The second-order valence-corrected chi connectivity index (χ2v) is 10.1. The Hall–Kier alpha value is -0.680. The summed E-state index contributed by atoms with van der Waals surface area (Å²) in [5, 5.41) is 0.227. The van der Waals surface area contributed by atoms with Crippen molar-refractivity contribution in [1.29, 1.82) is 0 Å². The van der Waals surface area contributed by atoms with Crippen molar-refractivity contribution in [2.75, 3.05) is 14.2 Å². The van der Waals surface area contributed by atoms with Crippen LogP contribution in [0.3, 0.4) is 0 Å². The van der Waals surface area contributed by atoms with Crippen molar-refractivity contribution in [3.8, 4) is 0 Å². The summed E-state index contributed by atoms with van der Waals surface area (Å²) in [4.78, 5) is 12.9. The summed E-state index contributed by atoms with van der Waals surface area (Å²) in [6.45, 7) is 7.03. The zero-order valence-electron chi connectivity index (χ0n) is 15.5. The fourth-order valence-corrected chi connectivity index (χ4v) is 7.54. The summed E-state index contributed by atoms with van der Waals surface area (Å²) in [6, 6.07) is 0. The molecule has 3 rings (SSSR count). The molecular weight excluding hydrogens is 324 g/mol. The molecule has 2 bridgehead atoms. The topological polar surface area (TPSA) is 52.6 Å². The van der Waals surface area contributed by atoms with E-state index in [9.17, 15) is 9.00 Å². The second-order valence-electron chi connectivity index (χ2n) is 8.40. The van der Waals surface area contributed by atoms with Crippen LogP contribution in [0.5, 0.6) is 0 Å². The maximum Gasteiger partial charge on any atom is 0.311 e. The van der Waals surface area contributed by atoms with Gasteiger partial charge in [0, 0.05) is 17.3 Å². The van der Waals surface area contributed by atoms with Crippen molar-refractivity contribution in [3.63, 3.8) is 0 Å². The first-order chi connectivity index (χ1) is 11.3. The minimum Gasteiger partial charge on any atom is -0.469 e. The van der Waals surface area contributed by atoms with Crippen molar-refractivity contribution in [3.05, 3.63) is 11.0 Å². The Morgan fingerprint density at radius 1 is 1.25 bits per heavy atom. The highest BCUT2D eigenvalue weighted by Crippen LogP contribution is 2.67. The monoisotopic (exact) mass is 354 g/mol. The average Bonchev–Trinajstić information content (AvgIpc) is 2.92. The van der Waals surface area contributed by atoms with Crippen LogP contribution >= 0.6 is 0 Å². The van der Waals surface area contributed by atoms with Crippen LogP contribution in [-0.4, -0.2) is 35.8 Å². The van der Waals surface area contributed by atoms with Gasteiger partial charge in [0.05, 0.1) is 29.9 Å². The molecule has 0 heterocycles. The van der Waals surface area contributed by atoms with Crippen LogP contribution in [0.2, 0.25) is 0 Å². The molecule has 0 unspecified atom stereocenters. The first-order valence-electron chi connectivity index (χ1n) is 8.98. The summed E-state index contributed by atoms with van der Waals surface area (Å²) in [6.07, 6.45) is 6.45. The van der Waals surface area contributed by atoms with Gasteiger partial charge in [-0.1, -0.05) is 20.8 Å². The Bertz CT molecular complexity index is 582. The average molecular weight is 355 g/mol. The van der Waals surface area contributed by atoms with Gasteiger partial charge in [-0.05, 0) is 54.9 Å². The van der Waals surface area contributed by atoms with Crippen molar-refractivity contribution in [1.82, 2.24) is 0 Å². The summed E-state index contributed by atoms with van der Waals surface area (Å²) >= 11 is 0. The molecular formula is C19H30O4S. The maximum absolute atomic E-state index is 13.4. The van der Waals surface area contributed by atoms with Gasteiger partial charge in [0.15, 0.2) is 0 Å². The first-order valence-corrected chi connectivity index (χ1v) is 10.2. The Morgan fingerprint density at radius 3 is 2.46 bits per heavy atom. The lowest BCUT2D eigenvalue weighted by atomic mass is 9.71. The molecule has 2 saturated carbocycles. The Kier molecular flexibility index (Phi) is 4.71. The highest BCUT2D eigenvalue weighted by molar-refractivity contribution is 7.89. The van der Waals surface area contributed by atoms with Crippen LogP contribution < -0.4 is 0 Å². The molecule has 0 saturated heterocycles. The number of fused-ring (bicyclic) bond motifs is 2. The molecule has 0 spiro atoms. The van der Waals surface area contributed by atoms with Gasteiger partial charge < -0.3 is 9.47 Å². The van der Waals surface area contributed by atoms with Crippen molar-refractivity contribution in [2.45, 2.75) is 64.2 Å². The molecule has 0 radical (unpaired) electrons. The standard InChI is InChI=1S/C19H30O4S/c1-18(2)12-8-9-19(18,3)16(10-12)24(21)13-6-7-14(17(20)23-5)15(11-13)22-4/h11-12,14-16H,6-10H2,1-5H3/t12-,14-,15+,16-,19+,24+/m0/s1. The van der Waals surface area contributed by atoms with E-state index in [-0.39, 0.29) is 34.1 Å². The van der Waals surface area contributed by atoms with E-state index in [1.165, 1.54) is 20.0 Å². The van der Waals surface area contributed by atoms with E-state index in [1.54, 1.807) is 7.11 Å². The van der Waals surface area contributed by atoms with E-state index in [2.05, 4.69) is 20.8 Å². The van der Waals surface area contributed by atoms with Gasteiger partial charge in [0.1, 0.15) is 0 Å². The second kappa shape index (κ2) is 6.24. The lowest BCUT2D eigenvalue weighted by Gasteiger charge is -2.39. The molecule has 5 heteroatoms. The number of methoxy groups -OCH3 is 2. The molecule has 3 aliphatic carbocycles. The Labute approximate surface area is 147 Å². The number of rotatable bonds is 4. The molecule has 2 fully saturated rings. The summed E-state index contributed by atoms with van der Waals surface area (Å²) in [7, 11) is 2.02. The third-order valence-corrected chi connectivity index (χ3v) is 9.54. The third-order valence-electron chi connectivity index (χ3n) is 7.46. The normalized spacial score (nSPS) is 41.8. The molecule has 6 atom stereocenters. The van der Waals surface area contributed by atoms with Gasteiger partial charge in [0.2, 0.25) is 0 Å². The number of ether oxygens (including phenoxy) is 2. The minimum atomic E-state index is -0.991. The molecule has 0 aromatic carbocycles. The predicted octanol–water partition coefficient (Wildman–Crippen LogP) is 3.43. The first kappa shape index (κ1) is 18.1. The van der Waals surface area contributed by atoms with Crippen molar-refractivity contribution in [2.24, 2.45) is 22.7 Å². The highest BCUT2D eigenvalue weighted by atomic mass is 32.2. The molecule has 0 N–H and O–H groups in total. The van der Waals surface area contributed by atoms with Crippen LogP contribution in [0, 0.1) is 22.7 Å². The fraction of sp³-hybridized carbons (Fsp3) is 0.842. The lowest BCUT2D eigenvalue weighted by Crippen LogP contribution is -2.39. The van der Waals surface area contributed by atoms with E-state index < -0.39 is 10.8 Å². The van der Waals surface area contributed by atoms with Gasteiger partial charge >= 0.3 is 5.97 Å². The number of carbonyl (C=O) groups excluding carboxylic acids is 1.